The van der Waals surface area contributed by atoms with Crippen molar-refractivity contribution < 1.29 is 23.8 Å². The van der Waals surface area contributed by atoms with Gasteiger partial charge in [-0.3, -0.25) is 5.43 Å². The Morgan fingerprint density at radius 2 is 2.12 bits per heavy atom. The summed E-state index contributed by atoms with van der Waals surface area (Å²) in [5.41, 5.74) is 3.73. The van der Waals surface area contributed by atoms with Crippen LogP contribution in [0.25, 0.3) is 0 Å². The molecule has 1 atom stereocenters. The SMILES string of the molecule is O=C(O)NNCC(O)Nc1cccc(F)c1F. The number of hydrogen-bond donors (Lipinski definition) is 5. The standard InChI is InChI=1S/C9H11F2N3O3/c10-5-2-1-3-6(8(5)11)13-7(15)4-12-14-9(16)17/h1-3,7,12-15H,4H2,(H,16,17). The van der Waals surface area contributed by atoms with Crippen molar-refractivity contribution in [3.8, 4) is 0 Å². The maximum absolute atomic E-state index is 13.1. The summed E-state index contributed by atoms with van der Waals surface area (Å²) in [5, 5.41) is 19.8. The fourth-order valence-electron chi connectivity index (χ4n) is 1.07. The van der Waals surface area contributed by atoms with Crippen LogP contribution >= 0.6 is 0 Å². The van der Waals surface area contributed by atoms with Gasteiger partial charge in [-0.1, -0.05) is 6.07 Å². The molecule has 1 aromatic rings. The van der Waals surface area contributed by atoms with Gasteiger partial charge in [-0.05, 0) is 12.1 Å². The van der Waals surface area contributed by atoms with Gasteiger partial charge in [0.25, 0.3) is 0 Å². The van der Waals surface area contributed by atoms with E-state index >= 15 is 0 Å². The molecule has 0 saturated heterocycles. The Morgan fingerprint density at radius 3 is 2.76 bits per heavy atom. The topological polar surface area (TPSA) is 93.6 Å². The lowest BCUT2D eigenvalue weighted by atomic mass is 10.3. The van der Waals surface area contributed by atoms with E-state index < -0.39 is 24.0 Å². The van der Waals surface area contributed by atoms with Crippen molar-refractivity contribution >= 4 is 11.8 Å². The number of nitrogens with one attached hydrogen (secondary N) is 3. The van der Waals surface area contributed by atoms with Crippen molar-refractivity contribution in [1.29, 1.82) is 0 Å². The smallest absolute Gasteiger partial charge is 0.419 e. The third-order valence-electron chi connectivity index (χ3n) is 1.76. The zero-order chi connectivity index (χ0) is 12.8. The molecule has 0 aliphatic rings. The second kappa shape index (κ2) is 5.97. The van der Waals surface area contributed by atoms with Crippen molar-refractivity contribution in [1.82, 2.24) is 10.9 Å². The molecule has 0 bridgehead atoms. The summed E-state index contributed by atoms with van der Waals surface area (Å²) in [7, 11) is 0. The van der Waals surface area contributed by atoms with Crippen LogP contribution in [0.4, 0.5) is 19.3 Å². The zero-order valence-corrected chi connectivity index (χ0v) is 8.58. The molecule has 6 nitrogen and oxygen atoms in total. The highest BCUT2D eigenvalue weighted by atomic mass is 19.2. The fraction of sp³-hybridized carbons (Fsp3) is 0.222. The maximum Gasteiger partial charge on any atom is 0.419 e. The van der Waals surface area contributed by atoms with Crippen molar-refractivity contribution in [2.75, 3.05) is 11.9 Å². The first-order valence-corrected chi connectivity index (χ1v) is 4.61. The van der Waals surface area contributed by atoms with Gasteiger partial charge in [-0.2, -0.15) is 0 Å². The Balaban J connectivity index is 2.47. The first-order chi connectivity index (χ1) is 8.00. The third kappa shape index (κ3) is 4.21. The van der Waals surface area contributed by atoms with Crippen LogP contribution in [0.1, 0.15) is 0 Å². The van der Waals surface area contributed by atoms with E-state index in [2.05, 4.69) is 10.7 Å². The first-order valence-electron chi connectivity index (χ1n) is 4.61. The number of amides is 1. The molecule has 0 spiro atoms. The summed E-state index contributed by atoms with van der Waals surface area (Å²) in [4.78, 5) is 10.1. The highest BCUT2D eigenvalue weighted by molar-refractivity contribution is 5.63. The van der Waals surface area contributed by atoms with Crippen molar-refractivity contribution in [3.63, 3.8) is 0 Å². The number of hydrazine groups is 1. The number of hydrogen-bond acceptors (Lipinski definition) is 4. The number of halogens is 2. The minimum absolute atomic E-state index is 0.213. The van der Waals surface area contributed by atoms with Crippen LogP contribution in [0, 0.1) is 11.6 Å². The van der Waals surface area contributed by atoms with Crippen molar-refractivity contribution in [3.05, 3.63) is 29.8 Å². The van der Waals surface area contributed by atoms with E-state index in [4.69, 9.17) is 5.11 Å². The number of aliphatic hydroxyl groups excluding tert-OH is 1. The van der Waals surface area contributed by atoms with Gasteiger partial charge in [0, 0.05) is 0 Å². The molecule has 0 fully saturated rings. The predicted molar refractivity (Wildman–Crippen MR) is 55.2 cm³/mol. The second-order valence-corrected chi connectivity index (χ2v) is 3.07. The number of benzene rings is 1. The van der Waals surface area contributed by atoms with E-state index in [1.807, 2.05) is 0 Å². The molecule has 0 saturated carbocycles. The van der Waals surface area contributed by atoms with Crippen LogP contribution in [0.5, 0.6) is 0 Å². The van der Waals surface area contributed by atoms with Gasteiger partial charge < -0.3 is 15.5 Å². The summed E-state index contributed by atoms with van der Waals surface area (Å²) < 4.78 is 25.9. The van der Waals surface area contributed by atoms with Gasteiger partial charge in [0.15, 0.2) is 11.6 Å². The monoisotopic (exact) mass is 247 g/mol. The largest absolute Gasteiger partial charge is 0.464 e. The number of aliphatic hydroxyl groups is 1. The van der Waals surface area contributed by atoms with Crippen LogP contribution in [0.3, 0.4) is 0 Å². The second-order valence-electron chi connectivity index (χ2n) is 3.07. The lowest BCUT2D eigenvalue weighted by molar-refractivity contribution is 0.173. The maximum atomic E-state index is 13.1. The molecule has 0 radical (unpaired) electrons. The molecule has 1 aromatic carbocycles. The molecular formula is C9H11F2N3O3. The van der Waals surface area contributed by atoms with E-state index in [-0.39, 0.29) is 12.2 Å². The van der Waals surface area contributed by atoms with Gasteiger partial charge in [0.2, 0.25) is 0 Å². The molecule has 0 aliphatic heterocycles. The van der Waals surface area contributed by atoms with Crippen LogP contribution in [0.2, 0.25) is 0 Å². The van der Waals surface area contributed by atoms with E-state index in [0.717, 1.165) is 6.07 Å². The molecular weight excluding hydrogens is 236 g/mol. The number of anilines is 1. The number of carboxylic acid groups (broad SMARTS) is 1. The summed E-state index contributed by atoms with van der Waals surface area (Å²) in [6.07, 6.45) is -2.60. The van der Waals surface area contributed by atoms with Crippen LogP contribution in [-0.2, 0) is 0 Å². The molecule has 1 amide bonds. The molecule has 8 heteroatoms. The lowest BCUT2D eigenvalue weighted by Gasteiger charge is -2.15. The summed E-state index contributed by atoms with van der Waals surface area (Å²) in [6.45, 7) is -0.220. The molecule has 5 N–H and O–H groups in total. The van der Waals surface area contributed by atoms with Gasteiger partial charge in [-0.15, -0.1) is 0 Å². The van der Waals surface area contributed by atoms with Crippen LogP contribution < -0.4 is 16.2 Å². The molecule has 0 heterocycles. The molecule has 0 aliphatic carbocycles. The Kier molecular flexibility index (Phi) is 4.61. The van der Waals surface area contributed by atoms with E-state index in [9.17, 15) is 18.7 Å². The van der Waals surface area contributed by atoms with E-state index in [1.165, 1.54) is 12.1 Å². The van der Waals surface area contributed by atoms with Gasteiger partial charge in [0.05, 0.1) is 12.2 Å². The molecule has 17 heavy (non-hydrogen) atoms. The van der Waals surface area contributed by atoms with E-state index in [0.29, 0.717) is 0 Å². The summed E-state index contributed by atoms with van der Waals surface area (Å²) in [5.74, 6) is -2.16. The highest BCUT2D eigenvalue weighted by Crippen LogP contribution is 2.16. The number of carbonyl (C=O) groups is 1. The average molecular weight is 247 g/mol. The molecule has 94 valence electrons. The van der Waals surface area contributed by atoms with Crippen LogP contribution in [-0.4, -0.2) is 29.1 Å². The summed E-state index contributed by atoms with van der Waals surface area (Å²) in [6, 6.07) is 3.46. The molecule has 1 rings (SSSR count). The Labute approximate surface area is 95.2 Å². The molecule has 0 aromatic heterocycles. The third-order valence-corrected chi connectivity index (χ3v) is 1.76. The van der Waals surface area contributed by atoms with Crippen molar-refractivity contribution in [2.24, 2.45) is 0 Å². The lowest BCUT2D eigenvalue weighted by Crippen LogP contribution is -2.43. The van der Waals surface area contributed by atoms with Gasteiger partial charge in [-0.25, -0.2) is 19.0 Å². The van der Waals surface area contributed by atoms with Gasteiger partial charge in [0.1, 0.15) is 6.23 Å². The van der Waals surface area contributed by atoms with Gasteiger partial charge >= 0.3 is 6.09 Å². The average Bonchev–Trinajstić information content (AvgIpc) is 2.24. The quantitative estimate of drug-likeness (QED) is 0.385. The Hall–Kier alpha value is -1.93. The Bertz CT molecular complexity index is 403. The highest BCUT2D eigenvalue weighted by Gasteiger charge is 2.10. The zero-order valence-electron chi connectivity index (χ0n) is 8.58. The van der Waals surface area contributed by atoms with Crippen LogP contribution in [0.15, 0.2) is 18.2 Å². The predicted octanol–water partition coefficient (Wildman–Crippen LogP) is 0.467. The van der Waals surface area contributed by atoms with E-state index in [1.54, 1.807) is 5.43 Å². The van der Waals surface area contributed by atoms with Crippen molar-refractivity contribution in [2.45, 2.75) is 6.23 Å². The Morgan fingerprint density at radius 1 is 1.41 bits per heavy atom. The molecule has 1 unspecified atom stereocenters. The summed E-state index contributed by atoms with van der Waals surface area (Å²) >= 11 is 0. The fourth-order valence-corrected chi connectivity index (χ4v) is 1.07. The number of rotatable bonds is 5. The minimum atomic E-state index is -1.32. The minimum Gasteiger partial charge on any atom is -0.464 e. The first kappa shape index (κ1) is 13.1. The normalized spacial score (nSPS) is 11.9.